The van der Waals surface area contributed by atoms with Gasteiger partial charge in [0.15, 0.2) is 6.73 Å². The number of rotatable bonds is 6. The van der Waals surface area contributed by atoms with Crippen LogP contribution in [-0.4, -0.2) is 33.4 Å². The number of fused-ring (bicyclic) bond motifs is 1. The number of hydrogen-bond acceptors (Lipinski definition) is 7. The molecule has 0 radical (unpaired) electrons. The Morgan fingerprint density at radius 3 is 2.27 bits per heavy atom. The van der Waals surface area contributed by atoms with E-state index in [0.717, 1.165) is 27.7 Å². The van der Waals surface area contributed by atoms with Gasteiger partial charge in [-0.2, -0.15) is 13.2 Å². The number of pyridine rings is 2. The molecule has 0 spiro atoms. The zero-order valence-corrected chi connectivity index (χ0v) is 21.3. The van der Waals surface area contributed by atoms with Crippen molar-refractivity contribution in [2.75, 3.05) is 16.5 Å². The summed E-state index contributed by atoms with van der Waals surface area (Å²) in [4.78, 5) is 41.0. The Morgan fingerprint density at radius 1 is 1.00 bits per heavy atom. The van der Waals surface area contributed by atoms with Gasteiger partial charge in [-0.05, 0) is 49.7 Å². The number of hydrogen-bond donors (Lipinski definition) is 1. The molecule has 0 saturated carbocycles. The lowest BCUT2D eigenvalue weighted by Crippen LogP contribution is -2.46. The zero-order chi connectivity index (χ0) is 29.6. The SMILES string of the molecule is Cc1cc(OC(F)(F)F)ccc1N1CN(c2ccc(=O)n(CO[P+](=O)O)c2C)C(=O)c2cc(C(F)(F)F)cnc21. The molecule has 4 rings (SSSR count). The van der Waals surface area contributed by atoms with E-state index in [-0.39, 0.29) is 35.1 Å². The molecule has 3 aromatic rings. The maximum absolute atomic E-state index is 13.5. The fraction of sp³-hybridized carbons (Fsp3) is 0.261. The normalized spacial score (nSPS) is 14.3. The first kappa shape index (κ1) is 29.0. The van der Waals surface area contributed by atoms with Crippen molar-refractivity contribution in [2.24, 2.45) is 0 Å². The van der Waals surface area contributed by atoms with Gasteiger partial charge in [0.2, 0.25) is 0 Å². The van der Waals surface area contributed by atoms with Crippen LogP contribution >= 0.6 is 8.25 Å². The first-order chi connectivity index (χ1) is 18.6. The lowest BCUT2D eigenvalue weighted by atomic mass is 10.1. The third kappa shape index (κ3) is 5.93. The van der Waals surface area contributed by atoms with Crippen LogP contribution in [0.3, 0.4) is 0 Å². The van der Waals surface area contributed by atoms with E-state index in [9.17, 15) is 40.5 Å². The minimum atomic E-state index is -4.96. The number of nitrogens with zero attached hydrogens (tertiary/aromatic N) is 4. The summed E-state index contributed by atoms with van der Waals surface area (Å²) >= 11 is 0. The highest BCUT2D eigenvalue weighted by Crippen LogP contribution is 2.40. The van der Waals surface area contributed by atoms with Crippen LogP contribution in [0.5, 0.6) is 5.75 Å². The summed E-state index contributed by atoms with van der Waals surface area (Å²) in [5.74, 6) is -1.64. The van der Waals surface area contributed by atoms with E-state index < -0.39 is 55.9 Å². The highest BCUT2D eigenvalue weighted by molar-refractivity contribution is 7.32. The number of aryl methyl sites for hydroxylation is 1. The second kappa shape index (κ2) is 10.5. The van der Waals surface area contributed by atoms with E-state index >= 15 is 0 Å². The summed E-state index contributed by atoms with van der Waals surface area (Å²) < 4.78 is 99.0. The summed E-state index contributed by atoms with van der Waals surface area (Å²) in [5.41, 5.74) is -1.80. The molecule has 1 N–H and O–H groups in total. The number of aromatic nitrogens is 2. The predicted octanol–water partition coefficient (Wildman–Crippen LogP) is 5.16. The fourth-order valence-electron chi connectivity index (χ4n) is 4.12. The maximum atomic E-state index is 13.5. The Balaban J connectivity index is 1.86. The minimum absolute atomic E-state index is 0.0455. The molecule has 1 aliphatic rings. The molecule has 1 atom stereocenters. The molecular weight excluding hydrogens is 573 g/mol. The standard InChI is InChI=1S/C23H17F6N4O6P/c1-12-7-15(39-23(27,28)29)3-4-17(12)31-10-32(18-5-6-19(34)33(13(18)2)11-38-40(36)37)21(35)16-8-14(22(24,25)26)9-30-20(16)31/h3-9H,10-11H2,1-2H3/p+1. The van der Waals surface area contributed by atoms with Crippen molar-refractivity contribution in [1.29, 1.82) is 0 Å². The van der Waals surface area contributed by atoms with Gasteiger partial charge >= 0.3 is 20.8 Å². The van der Waals surface area contributed by atoms with Crippen molar-refractivity contribution >= 4 is 31.4 Å². The Bertz CT molecular complexity index is 1560. The molecule has 1 aliphatic heterocycles. The first-order valence-corrected chi connectivity index (χ1v) is 12.2. The number of halogens is 6. The van der Waals surface area contributed by atoms with Gasteiger partial charge in [0.05, 0.1) is 16.8 Å². The first-order valence-electron chi connectivity index (χ1n) is 11.1. The number of carbonyl (C=O) groups excluding carboxylic acids is 1. The largest absolute Gasteiger partial charge is 0.696 e. The van der Waals surface area contributed by atoms with E-state index in [1.54, 1.807) is 0 Å². The van der Waals surface area contributed by atoms with Gasteiger partial charge in [0.25, 0.3) is 11.5 Å². The molecule has 17 heteroatoms. The third-order valence-electron chi connectivity index (χ3n) is 5.91. The monoisotopic (exact) mass is 591 g/mol. The van der Waals surface area contributed by atoms with E-state index in [4.69, 9.17) is 4.89 Å². The van der Waals surface area contributed by atoms with Gasteiger partial charge in [0.1, 0.15) is 18.2 Å². The molecule has 3 heterocycles. The maximum Gasteiger partial charge on any atom is 0.696 e. The topological polar surface area (TPSA) is 114 Å². The van der Waals surface area contributed by atoms with Crippen LogP contribution < -0.4 is 20.1 Å². The second-order valence-corrected chi connectivity index (χ2v) is 9.19. The van der Waals surface area contributed by atoms with Crippen molar-refractivity contribution in [3.8, 4) is 5.75 Å². The summed E-state index contributed by atoms with van der Waals surface area (Å²) in [7, 11) is -3.08. The van der Waals surface area contributed by atoms with E-state index in [1.807, 2.05) is 0 Å². The lowest BCUT2D eigenvalue weighted by molar-refractivity contribution is -0.274. The lowest BCUT2D eigenvalue weighted by Gasteiger charge is -2.38. The Labute approximate surface area is 221 Å². The molecule has 0 saturated heterocycles. The number of benzene rings is 1. The van der Waals surface area contributed by atoms with E-state index in [1.165, 1.54) is 30.9 Å². The van der Waals surface area contributed by atoms with Crippen molar-refractivity contribution in [1.82, 2.24) is 9.55 Å². The van der Waals surface area contributed by atoms with E-state index in [0.29, 0.717) is 12.3 Å². The third-order valence-corrected chi connectivity index (χ3v) is 6.25. The number of carbonyl (C=O) groups is 1. The number of ether oxygens (including phenoxy) is 1. The number of amides is 1. The van der Waals surface area contributed by atoms with Crippen LogP contribution in [0.2, 0.25) is 0 Å². The fourth-order valence-corrected chi connectivity index (χ4v) is 4.34. The van der Waals surface area contributed by atoms with Crippen LogP contribution in [0, 0.1) is 13.8 Å². The summed E-state index contributed by atoms with van der Waals surface area (Å²) in [6.07, 6.45) is -9.27. The Morgan fingerprint density at radius 2 is 1.68 bits per heavy atom. The minimum Gasteiger partial charge on any atom is -0.406 e. The zero-order valence-electron chi connectivity index (χ0n) is 20.4. The molecule has 10 nitrogen and oxygen atoms in total. The molecule has 40 heavy (non-hydrogen) atoms. The number of alkyl halides is 6. The van der Waals surface area contributed by atoms with Crippen LogP contribution in [-0.2, 0) is 22.0 Å². The molecule has 1 aromatic carbocycles. The van der Waals surface area contributed by atoms with Gasteiger partial charge in [0, 0.05) is 28.2 Å². The van der Waals surface area contributed by atoms with Gasteiger partial charge in [-0.25, -0.2) is 4.98 Å². The molecule has 1 unspecified atom stereocenters. The molecule has 0 aliphatic carbocycles. The van der Waals surface area contributed by atoms with Crippen LogP contribution in [0.4, 0.5) is 43.5 Å². The van der Waals surface area contributed by atoms with Gasteiger partial charge < -0.3 is 9.64 Å². The molecule has 212 valence electrons. The van der Waals surface area contributed by atoms with Crippen molar-refractivity contribution in [3.63, 3.8) is 0 Å². The summed E-state index contributed by atoms with van der Waals surface area (Å²) in [5, 5.41) is 0. The molecule has 1 amide bonds. The van der Waals surface area contributed by atoms with E-state index in [2.05, 4.69) is 14.2 Å². The van der Waals surface area contributed by atoms with Crippen LogP contribution in [0.15, 0.2) is 47.4 Å². The van der Waals surface area contributed by atoms with Crippen molar-refractivity contribution in [2.45, 2.75) is 33.1 Å². The second-order valence-electron chi connectivity index (χ2n) is 8.46. The average Bonchev–Trinajstić information content (AvgIpc) is 2.83. The Kier molecular flexibility index (Phi) is 7.62. The highest BCUT2D eigenvalue weighted by Gasteiger charge is 2.38. The smallest absolute Gasteiger partial charge is 0.406 e. The van der Waals surface area contributed by atoms with Crippen molar-refractivity contribution < 1.29 is 49.9 Å². The number of anilines is 3. The molecular formula is C23H18F6N4O6P+. The highest BCUT2D eigenvalue weighted by atomic mass is 31.1. The van der Waals surface area contributed by atoms with Gasteiger partial charge in [-0.1, -0.05) is 4.52 Å². The molecule has 2 aromatic heterocycles. The Hall–Kier alpha value is -4.01. The van der Waals surface area contributed by atoms with Gasteiger partial charge in [-0.15, -0.1) is 18.1 Å². The molecule has 0 fully saturated rings. The summed E-state index contributed by atoms with van der Waals surface area (Å²) in [6.45, 7) is 1.78. The van der Waals surface area contributed by atoms with Crippen LogP contribution in [0.25, 0.3) is 0 Å². The van der Waals surface area contributed by atoms with Crippen molar-refractivity contribution in [3.05, 3.63) is 75.3 Å². The predicted molar refractivity (Wildman–Crippen MR) is 127 cm³/mol. The molecule has 0 bridgehead atoms. The van der Waals surface area contributed by atoms with Crippen LogP contribution in [0.1, 0.15) is 27.2 Å². The summed E-state index contributed by atoms with van der Waals surface area (Å²) in [6, 6.07) is 6.16. The van der Waals surface area contributed by atoms with Gasteiger partial charge in [-0.3, -0.25) is 19.1 Å². The quantitative estimate of drug-likeness (QED) is 0.309. The average molecular weight is 591 g/mol.